The Morgan fingerprint density at radius 1 is 0.409 bits per heavy atom. The minimum Gasteiger partial charge on any atom is -1.00 e. The van der Waals surface area contributed by atoms with Crippen LogP contribution in [0, 0.1) is 0 Å². The first-order valence-electron chi connectivity index (χ1n) is 19.4. The normalized spacial score (nSPS) is 14.0. The molecule has 0 aliphatic carbocycles. The first kappa shape index (κ1) is 46.2. The predicted octanol–water partition coefficient (Wildman–Crippen LogP) is 6.47. The van der Waals surface area contributed by atoms with Gasteiger partial charge < -0.3 is 37.3 Å². The van der Waals surface area contributed by atoms with E-state index in [1.807, 2.05) is 0 Å². The molecule has 0 bridgehead atoms. The summed E-state index contributed by atoms with van der Waals surface area (Å²) in [6.07, 6.45) is 34.1. The fourth-order valence-corrected chi connectivity index (χ4v) is 6.59. The third kappa shape index (κ3) is 29.5. The van der Waals surface area contributed by atoms with Gasteiger partial charge in [-0.2, -0.15) is 0 Å². The fourth-order valence-electron chi connectivity index (χ4n) is 6.59. The Kier molecular flexibility index (Phi) is 36.2. The van der Waals surface area contributed by atoms with Crippen LogP contribution in [-0.2, 0) is 0 Å². The van der Waals surface area contributed by atoms with Crippen molar-refractivity contribution < 1.29 is 37.3 Å². The van der Waals surface area contributed by atoms with Gasteiger partial charge in [0.15, 0.2) is 0 Å². The smallest absolute Gasteiger partial charge is 0.131 e. The van der Waals surface area contributed by atoms with E-state index in [0.717, 1.165) is 30.4 Å². The van der Waals surface area contributed by atoms with E-state index in [1.165, 1.54) is 167 Å². The molecule has 0 amide bonds. The van der Waals surface area contributed by atoms with Crippen LogP contribution in [0.4, 0.5) is 0 Å². The molecular formula is C38H80ClNO4. The van der Waals surface area contributed by atoms with Gasteiger partial charge in [-0.25, -0.2) is 0 Å². The lowest BCUT2D eigenvalue weighted by atomic mass is 10.0. The number of nitrogens with zero attached hydrogens (tertiary/aromatic N) is 1. The number of quaternary nitrogens is 1. The van der Waals surface area contributed by atoms with Crippen molar-refractivity contribution in [3.8, 4) is 0 Å². The van der Waals surface area contributed by atoms with Gasteiger partial charge in [-0.3, -0.25) is 0 Å². The molecule has 0 unspecified atom stereocenters. The quantitative estimate of drug-likeness (QED) is 0.0468. The van der Waals surface area contributed by atoms with Crippen molar-refractivity contribution in [1.82, 2.24) is 0 Å². The summed E-state index contributed by atoms with van der Waals surface area (Å²) in [5.74, 6) is 0. The molecule has 3 atom stereocenters. The van der Waals surface area contributed by atoms with Gasteiger partial charge in [-0.05, 0) is 25.7 Å². The van der Waals surface area contributed by atoms with E-state index in [9.17, 15) is 20.4 Å². The molecule has 0 rings (SSSR count). The highest BCUT2D eigenvalue weighted by molar-refractivity contribution is 4.74. The van der Waals surface area contributed by atoms with Crippen molar-refractivity contribution in [3.63, 3.8) is 0 Å². The first-order valence-corrected chi connectivity index (χ1v) is 19.4. The average Bonchev–Trinajstić information content (AvgIpc) is 3.00. The van der Waals surface area contributed by atoms with Gasteiger partial charge in [-0.1, -0.05) is 168 Å². The Hall–Kier alpha value is 0.0900. The van der Waals surface area contributed by atoms with E-state index in [1.54, 1.807) is 0 Å². The molecule has 0 saturated heterocycles. The van der Waals surface area contributed by atoms with Crippen molar-refractivity contribution in [2.45, 2.75) is 212 Å². The van der Waals surface area contributed by atoms with Crippen molar-refractivity contribution in [2.75, 3.05) is 33.3 Å². The zero-order chi connectivity index (χ0) is 31.9. The monoisotopic (exact) mass is 650 g/mol. The van der Waals surface area contributed by atoms with Gasteiger partial charge in [0, 0.05) is 0 Å². The summed E-state index contributed by atoms with van der Waals surface area (Å²) in [5, 5.41) is 40.0. The van der Waals surface area contributed by atoms with Crippen molar-refractivity contribution in [2.24, 2.45) is 0 Å². The Bertz CT molecular complexity index is 521. The highest BCUT2D eigenvalue weighted by Gasteiger charge is 2.32. The number of hydrogen-bond donors (Lipinski definition) is 4. The Labute approximate surface area is 282 Å². The number of rotatable bonds is 35. The predicted molar refractivity (Wildman–Crippen MR) is 187 cm³/mol. The van der Waals surface area contributed by atoms with Gasteiger partial charge in [0.25, 0.3) is 0 Å². The summed E-state index contributed by atoms with van der Waals surface area (Å²) in [5.41, 5.74) is 0. The molecule has 0 aromatic rings. The van der Waals surface area contributed by atoms with Crippen molar-refractivity contribution in [3.05, 3.63) is 0 Å². The van der Waals surface area contributed by atoms with Crippen LogP contribution in [0.2, 0.25) is 0 Å². The lowest BCUT2D eigenvalue weighted by Crippen LogP contribution is -3.00. The maximum absolute atomic E-state index is 10.6. The van der Waals surface area contributed by atoms with Gasteiger partial charge in [0.05, 0.1) is 26.7 Å². The molecule has 5 nitrogen and oxygen atoms in total. The van der Waals surface area contributed by atoms with Crippen LogP contribution in [-0.4, -0.2) is 76.5 Å². The summed E-state index contributed by atoms with van der Waals surface area (Å²) >= 11 is 0. The van der Waals surface area contributed by atoms with E-state index < -0.39 is 24.9 Å². The maximum atomic E-state index is 10.6. The summed E-state index contributed by atoms with van der Waals surface area (Å²) in [6, 6.07) is 0. The summed E-state index contributed by atoms with van der Waals surface area (Å²) < 4.78 is 0.729. The lowest BCUT2D eigenvalue weighted by Gasteiger charge is -2.38. The standard InChI is InChI=1S/C38H80NO4.ClH/c1-4-6-8-10-12-14-16-18-20-22-24-26-28-30-32-39(3,34-36(41)38(43)37(42)35-40)33-31-29-27-25-23-21-19-17-15-13-11-9-7-5-2;/h36-38,40-43H,4-35H2,1-3H3;1H/q+1;/p-1/t36-,37+,38+;/m0./s1. The largest absolute Gasteiger partial charge is 1.00 e. The third-order valence-corrected chi connectivity index (χ3v) is 9.71. The van der Waals surface area contributed by atoms with Crippen LogP contribution in [0.25, 0.3) is 0 Å². The maximum Gasteiger partial charge on any atom is 0.131 e. The number of halogens is 1. The first-order chi connectivity index (χ1) is 20.9. The Balaban J connectivity index is 0. The molecule has 44 heavy (non-hydrogen) atoms. The highest BCUT2D eigenvalue weighted by Crippen LogP contribution is 2.18. The molecule has 0 aromatic heterocycles. The summed E-state index contributed by atoms with van der Waals surface area (Å²) in [4.78, 5) is 0. The van der Waals surface area contributed by atoms with E-state index in [0.29, 0.717) is 6.54 Å². The molecule has 0 aliphatic rings. The van der Waals surface area contributed by atoms with Crippen LogP contribution < -0.4 is 12.4 Å². The number of likely N-dealkylation sites (N-methyl/N-ethyl adjacent to an activating group) is 1. The minimum absolute atomic E-state index is 0. The number of hydrogen-bond acceptors (Lipinski definition) is 4. The molecule has 0 heterocycles. The molecule has 268 valence electrons. The molecule has 0 radical (unpaired) electrons. The lowest BCUT2D eigenvalue weighted by molar-refractivity contribution is -0.913. The van der Waals surface area contributed by atoms with Crippen LogP contribution in [0.3, 0.4) is 0 Å². The van der Waals surface area contributed by atoms with Gasteiger partial charge in [0.2, 0.25) is 0 Å². The molecule has 6 heteroatoms. The zero-order valence-electron chi connectivity index (χ0n) is 30.0. The summed E-state index contributed by atoms with van der Waals surface area (Å²) in [6.45, 7) is 6.45. The molecule has 4 N–H and O–H groups in total. The SMILES string of the molecule is CCCCCCCCCCCCCCCC[N+](C)(CCCCCCCCCCCCCCCC)C[C@H](O)[C@@H](O)[C@H](O)CO.[Cl-]. The van der Waals surface area contributed by atoms with Gasteiger partial charge >= 0.3 is 0 Å². The molecule has 0 aliphatic heterocycles. The van der Waals surface area contributed by atoms with Crippen LogP contribution in [0.5, 0.6) is 0 Å². The van der Waals surface area contributed by atoms with Crippen molar-refractivity contribution >= 4 is 0 Å². The minimum atomic E-state index is -1.30. The summed E-state index contributed by atoms with van der Waals surface area (Å²) in [7, 11) is 2.20. The van der Waals surface area contributed by atoms with Crippen LogP contribution in [0.15, 0.2) is 0 Å². The molecule has 0 fully saturated rings. The van der Waals surface area contributed by atoms with E-state index in [2.05, 4.69) is 20.9 Å². The fraction of sp³-hybridized carbons (Fsp3) is 1.00. The Morgan fingerprint density at radius 2 is 0.659 bits per heavy atom. The van der Waals surface area contributed by atoms with E-state index >= 15 is 0 Å². The average molecular weight is 651 g/mol. The Morgan fingerprint density at radius 3 is 0.909 bits per heavy atom. The molecule has 0 saturated carbocycles. The second kappa shape index (κ2) is 34.4. The van der Waals surface area contributed by atoms with Gasteiger partial charge in [-0.15, -0.1) is 0 Å². The second-order valence-corrected chi connectivity index (χ2v) is 14.2. The molecular weight excluding hydrogens is 570 g/mol. The molecule has 0 spiro atoms. The third-order valence-electron chi connectivity index (χ3n) is 9.71. The van der Waals surface area contributed by atoms with Crippen molar-refractivity contribution in [1.29, 1.82) is 0 Å². The number of unbranched alkanes of at least 4 members (excludes halogenated alkanes) is 26. The van der Waals surface area contributed by atoms with Gasteiger partial charge in [0.1, 0.15) is 24.9 Å². The number of aliphatic hydroxyl groups is 4. The zero-order valence-corrected chi connectivity index (χ0v) is 30.7. The highest BCUT2D eigenvalue weighted by atomic mass is 35.5. The second-order valence-electron chi connectivity index (χ2n) is 14.2. The molecule has 0 aromatic carbocycles. The number of aliphatic hydroxyl groups excluding tert-OH is 4. The van der Waals surface area contributed by atoms with E-state index in [-0.39, 0.29) is 12.4 Å². The van der Waals surface area contributed by atoms with Crippen LogP contribution in [0.1, 0.15) is 194 Å². The topological polar surface area (TPSA) is 80.9 Å². The van der Waals surface area contributed by atoms with Crippen LogP contribution >= 0.6 is 0 Å². The van der Waals surface area contributed by atoms with E-state index in [4.69, 9.17) is 0 Å².